The highest BCUT2D eigenvalue weighted by Crippen LogP contribution is 2.15. The van der Waals surface area contributed by atoms with Crippen molar-refractivity contribution in [2.24, 2.45) is 0 Å². The van der Waals surface area contributed by atoms with Gasteiger partial charge in [-0.2, -0.15) is 0 Å². The third kappa shape index (κ3) is 4.70. The molecule has 0 saturated carbocycles. The Morgan fingerprint density at radius 2 is 1.70 bits per heavy atom. The van der Waals surface area contributed by atoms with E-state index < -0.39 is 0 Å². The lowest BCUT2D eigenvalue weighted by Crippen LogP contribution is -2.11. The molecule has 3 nitrogen and oxygen atoms in total. The molecule has 2 aromatic carbocycles. The molecule has 0 heterocycles. The topological polar surface area (TPSA) is 49.3 Å². The number of amides is 1. The number of aromatic hydroxyl groups is 1. The lowest BCUT2D eigenvalue weighted by atomic mass is 10.1. The minimum absolute atomic E-state index is 0.00667. The minimum atomic E-state index is -0.00667. The molecule has 2 rings (SSSR count). The number of hydrogen-bond acceptors (Lipinski definition) is 2. The summed E-state index contributed by atoms with van der Waals surface area (Å²) in [5.74, 6) is 0.186. The molecule has 0 radical (unpaired) electrons. The Kier molecular flexibility index (Phi) is 5.18. The number of rotatable bonds is 5. The summed E-state index contributed by atoms with van der Waals surface area (Å²) in [5.41, 5.74) is 1.93. The standard InChI is InChI=1S/C16H16BrNO2/c17-13-6-4-12(5-7-13)2-1-3-16(20)18-14-8-10-15(19)11-9-14/h4-11,19H,1-3H2,(H,18,20). The molecule has 0 aliphatic rings. The summed E-state index contributed by atoms with van der Waals surface area (Å²) in [6, 6.07) is 14.6. The molecule has 104 valence electrons. The van der Waals surface area contributed by atoms with Crippen molar-refractivity contribution < 1.29 is 9.90 Å². The summed E-state index contributed by atoms with van der Waals surface area (Å²) < 4.78 is 1.06. The van der Waals surface area contributed by atoms with E-state index in [0.717, 1.165) is 17.3 Å². The molecule has 2 aromatic rings. The maximum Gasteiger partial charge on any atom is 0.224 e. The fraction of sp³-hybridized carbons (Fsp3) is 0.188. The van der Waals surface area contributed by atoms with E-state index in [2.05, 4.69) is 33.4 Å². The van der Waals surface area contributed by atoms with Gasteiger partial charge in [0.25, 0.3) is 0 Å². The Labute approximate surface area is 126 Å². The zero-order valence-corrected chi connectivity index (χ0v) is 12.6. The summed E-state index contributed by atoms with van der Waals surface area (Å²) in [5, 5.41) is 12.0. The predicted octanol–water partition coefficient (Wildman–Crippen LogP) is 4.12. The number of halogens is 1. The molecule has 0 saturated heterocycles. The first kappa shape index (κ1) is 14.6. The number of phenolic OH excluding ortho intramolecular Hbond substituents is 1. The maximum absolute atomic E-state index is 11.8. The van der Waals surface area contributed by atoms with Gasteiger partial charge in [0.15, 0.2) is 0 Å². The Hall–Kier alpha value is -1.81. The number of nitrogens with one attached hydrogen (secondary N) is 1. The molecule has 0 bridgehead atoms. The van der Waals surface area contributed by atoms with Gasteiger partial charge in [-0.15, -0.1) is 0 Å². The average Bonchev–Trinajstić information content (AvgIpc) is 2.44. The Morgan fingerprint density at radius 1 is 1.05 bits per heavy atom. The highest BCUT2D eigenvalue weighted by molar-refractivity contribution is 9.10. The number of carbonyl (C=O) groups is 1. The van der Waals surface area contributed by atoms with Crippen LogP contribution in [-0.4, -0.2) is 11.0 Å². The fourth-order valence-corrected chi connectivity index (χ4v) is 2.14. The molecule has 0 atom stereocenters. The van der Waals surface area contributed by atoms with Crippen LogP contribution in [-0.2, 0) is 11.2 Å². The normalized spacial score (nSPS) is 10.2. The first-order valence-electron chi connectivity index (χ1n) is 6.47. The summed E-state index contributed by atoms with van der Waals surface area (Å²) >= 11 is 3.40. The van der Waals surface area contributed by atoms with Crippen LogP contribution in [0, 0.1) is 0 Å². The van der Waals surface area contributed by atoms with Crippen LogP contribution in [0.5, 0.6) is 5.75 Å². The van der Waals surface area contributed by atoms with Crippen molar-refractivity contribution in [2.75, 3.05) is 5.32 Å². The highest BCUT2D eigenvalue weighted by Gasteiger charge is 2.03. The molecule has 0 aliphatic carbocycles. The number of anilines is 1. The van der Waals surface area contributed by atoms with Crippen LogP contribution in [0.2, 0.25) is 0 Å². The van der Waals surface area contributed by atoms with Crippen LogP contribution in [0.1, 0.15) is 18.4 Å². The van der Waals surface area contributed by atoms with Crippen LogP contribution in [0.4, 0.5) is 5.69 Å². The summed E-state index contributed by atoms with van der Waals surface area (Å²) in [6.07, 6.45) is 2.18. The van der Waals surface area contributed by atoms with Crippen molar-refractivity contribution in [3.63, 3.8) is 0 Å². The van der Waals surface area contributed by atoms with Crippen molar-refractivity contribution in [1.82, 2.24) is 0 Å². The second-order valence-electron chi connectivity index (χ2n) is 4.58. The van der Waals surface area contributed by atoms with Crippen molar-refractivity contribution in [2.45, 2.75) is 19.3 Å². The molecule has 4 heteroatoms. The lowest BCUT2D eigenvalue weighted by Gasteiger charge is -2.05. The predicted molar refractivity (Wildman–Crippen MR) is 83.8 cm³/mol. The zero-order chi connectivity index (χ0) is 14.4. The number of benzene rings is 2. The van der Waals surface area contributed by atoms with Gasteiger partial charge in [-0.05, 0) is 54.8 Å². The van der Waals surface area contributed by atoms with Crippen molar-refractivity contribution in [1.29, 1.82) is 0 Å². The van der Waals surface area contributed by atoms with Gasteiger partial charge >= 0.3 is 0 Å². The molecule has 20 heavy (non-hydrogen) atoms. The van der Waals surface area contributed by atoms with E-state index in [1.807, 2.05) is 12.1 Å². The summed E-state index contributed by atoms with van der Waals surface area (Å²) in [4.78, 5) is 11.8. The van der Waals surface area contributed by atoms with Gasteiger partial charge < -0.3 is 10.4 Å². The number of carbonyl (C=O) groups excluding carboxylic acids is 1. The van der Waals surface area contributed by atoms with Gasteiger partial charge in [0, 0.05) is 16.6 Å². The average molecular weight is 334 g/mol. The van der Waals surface area contributed by atoms with E-state index in [9.17, 15) is 4.79 Å². The first-order valence-corrected chi connectivity index (χ1v) is 7.26. The molecule has 0 spiro atoms. The first-order chi connectivity index (χ1) is 9.63. The second kappa shape index (κ2) is 7.10. The van der Waals surface area contributed by atoms with E-state index in [1.165, 1.54) is 5.56 Å². The van der Waals surface area contributed by atoms with Crippen molar-refractivity contribution >= 4 is 27.5 Å². The molecular weight excluding hydrogens is 318 g/mol. The van der Waals surface area contributed by atoms with Gasteiger partial charge in [0.1, 0.15) is 5.75 Å². The number of aryl methyl sites for hydroxylation is 1. The second-order valence-corrected chi connectivity index (χ2v) is 5.49. The molecule has 0 aromatic heterocycles. The molecular formula is C16H16BrNO2. The molecule has 1 amide bonds. The molecule has 0 aliphatic heterocycles. The Morgan fingerprint density at radius 3 is 2.35 bits per heavy atom. The largest absolute Gasteiger partial charge is 0.508 e. The molecule has 0 fully saturated rings. The zero-order valence-electron chi connectivity index (χ0n) is 11.0. The van der Waals surface area contributed by atoms with Gasteiger partial charge in [-0.1, -0.05) is 28.1 Å². The Balaban J connectivity index is 1.75. The summed E-state index contributed by atoms with van der Waals surface area (Å²) in [7, 11) is 0. The van der Waals surface area contributed by atoms with Crippen LogP contribution in [0.3, 0.4) is 0 Å². The van der Waals surface area contributed by atoms with E-state index in [4.69, 9.17) is 5.11 Å². The van der Waals surface area contributed by atoms with Crippen LogP contribution >= 0.6 is 15.9 Å². The van der Waals surface area contributed by atoms with Crippen LogP contribution in [0.25, 0.3) is 0 Å². The van der Waals surface area contributed by atoms with Gasteiger partial charge in [0.2, 0.25) is 5.91 Å². The van der Waals surface area contributed by atoms with Gasteiger partial charge in [0.05, 0.1) is 0 Å². The monoisotopic (exact) mass is 333 g/mol. The van der Waals surface area contributed by atoms with Crippen molar-refractivity contribution in [3.8, 4) is 5.75 Å². The van der Waals surface area contributed by atoms with Gasteiger partial charge in [-0.25, -0.2) is 0 Å². The quantitative estimate of drug-likeness (QED) is 0.808. The van der Waals surface area contributed by atoms with Crippen LogP contribution in [0.15, 0.2) is 53.0 Å². The fourth-order valence-electron chi connectivity index (χ4n) is 1.87. The summed E-state index contributed by atoms with van der Waals surface area (Å²) in [6.45, 7) is 0. The SMILES string of the molecule is O=C(CCCc1ccc(Br)cc1)Nc1ccc(O)cc1. The minimum Gasteiger partial charge on any atom is -0.508 e. The Bertz CT molecular complexity index is 564. The molecule has 2 N–H and O–H groups in total. The smallest absolute Gasteiger partial charge is 0.224 e. The van der Waals surface area contributed by atoms with E-state index >= 15 is 0 Å². The maximum atomic E-state index is 11.8. The van der Waals surface area contributed by atoms with Gasteiger partial charge in [-0.3, -0.25) is 4.79 Å². The third-order valence-electron chi connectivity index (χ3n) is 2.93. The van der Waals surface area contributed by atoms with Crippen molar-refractivity contribution in [3.05, 3.63) is 58.6 Å². The number of phenols is 1. The number of hydrogen-bond donors (Lipinski definition) is 2. The van der Waals surface area contributed by atoms with E-state index in [-0.39, 0.29) is 11.7 Å². The molecule has 0 unspecified atom stereocenters. The van der Waals surface area contributed by atoms with Crippen LogP contribution < -0.4 is 5.32 Å². The lowest BCUT2D eigenvalue weighted by molar-refractivity contribution is -0.116. The highest BCUT2D eigenvalue weighted by atomic mass is 79.9. The van der Waals surface area contributed by atoms with E-state index in [0.29, 0.717) is 12.1 Å². The van der Waals surface area contributed by atoms with E-state index in [1.54, 1.807) is 24.3 Å². The third-order valence-corrected chi connectivity index (χ3v) is 3.46.